The number of hydrogen-bond donors (Lipinski definition) is 0. The summed E-state index contributed by atoms with van der Waals surface area (Å²) in [5.74, 6) is 4.15. The Morgan fingerprint density at radius 3 is 2.57 bits per heavy atom. The molecule has 1 saturated heterocycles. The number of ether oxygens (including phenoxy) is 1. The van der Waals surface area contributed by atoms with Crippen LogP contribution in [0.4, 0.5) is 0 Å². The standard InChI is InChI=1S/C10H16BOS2/c1-3-10(11)12-9-6-13-4-8(2)5-14-7-9/h9H,2-7H2,1H3. The summed E-state index contributed by atoms with van der Waals surface area (Å²) in [4.78, 5) is 0. The molecule has 77 valence electrons. The van der Waals surface area contributed by atoms with Gasteiger partial charge in [-0.2, -0.15) is 0 Å². The molecule has 4 heteroatoms. The van der Waals surface area contributed by atoms with Gasteiger partial charge in [-0.25, -0.2) is 0 Å². The average Bonchev–Trinajstić information content (AvgIpc) is 2.14. The Morgan fingerprint density at radius 1 is 1.50 bits per heavy atom. The average molecular weight is 227 g/mol. The first-order valence-electron chi connectivity index (χ1n) is 4.82. The second-order valence-electron chi connectivity index (χ2n) is 3.34. The molecular formula is C10H16BOS2. The third-order valence-corrected chi connectivity index (χ3v) is 4.33. The summed E-state index contributed by atoms with van der Waals surface area (Å²) in [7, 11) is 5.68. The van der Waals surface area contributed by atoms with Crippen LogP contribution < -0.4 is 0 Å². The van der Waals surface area contributed by atoms with Crippen LogP contribution in [0.5, 0.6) is 0 Å². The van der Waals surface area contributed by atoms with E-state index in [4.69, 9.17) is 12.2 Å². The minimum atomic E-state index is 0.276. The van der Waals surface area contributed by atoms with Gasteiger partial charge in [0, 0.05) is 0 Å². The van der Waals surface area contributed by atoms with Crippen LogP contribution in [0.3, 0.4) is 0 Å². The number of thioether (sulfide) groups is 2. The third-order valence-electron chi connectivity index (χ3n) is 1.89. The Kier molecular flexibility index (Phi) is 5.79. The van der Waals surface area contributed by atoms with Gasteiger partial charge in [-0.1, -0.05) is 0 Å². The maximum atomic E-state index is 5.68. The first kappa shape index (κ1) is 12.2. The molecule has 0 aliphatic carbocycles. The third kappa shape index (κ3) is 4.60. The van der Waals surface area contributed by atoms with E-state index in [1.54, 1.807) is 0 Å². The molecular weight excluding hydrogens is 211 g/mol. The van der Waals surface area contributed by atoms with Crippen molar-refractivity contribution in [3.05, 3.63) is 12.2 Å². The van der Waals surface area contributed by atoms with Gasteiger partial charge >= 0.3 is 96.0 Å². The van der Waals surface area contributed by atoms with Gasteiger partial charge in [0.1, 0.15) is 0 Å². The summed E-state index contributed by atoms with van der Waals surface area (Å²) >= 11 is 3.78. The van der Waals surface area contributed by atoms with Gasteiger partial charge in [-0.3, -0.25) is 0 Å². The number of rotatable bonds is 3. The van der Waals surface area contributed by atoms with Crippen LogP contribution in [-0.2, 0) is 4.74 Å². The molecule has 1 aliphatic heterocycles. The maximum absolute atomic E-state index is 5.68. The predicted molar refractivity (Wildman–Crippen MR) is 69.7 cm³/mol. The van der Waals surface area contributed by atoms with E-state index >= 15 is 0 Å². The predicted octanol–water partition coefficient (Wildman–Crippen LogP) is 2.12. The van der Waals surface area contributed by atoms with Gasteiger partial charge < -0.3 is 0 Å². The molecule has 0 spiro atoms. The molecule has 1 aliphatic rings. The summed E-state index contributed by atoms with van der Waals surface area (Å²) in [6.45, 7) is 6.02. The molecule has 0 aromatic heterocycles. The minimum absolute atomic E-state index is 0.276. The van der Waals surface area contributed by atoms with Gasteiger partial charge in [0.05, 0.1) is 0 Å². The molecule has 0 atom stereocenters. The Labute approximate surface area is 96.1 Å². The quantitative estimate of drug-likeness (QED) is 0.540. The van der Waals surface area contributed by atoms with E-state index in [0.717, 1.165) is 29.4 Å². The van der Waals surface area contributed by atoms with Crippen molar-refractivity contribution in [3.8, 4) is 0 Å². The van der Waals surface area contributed by atoms with Crippen LogP contribution in [0.2, 0.25) is 0 Å². The van der Waals surface area contributed by atoms with Gasteiger partial charge in [0.15, 0.2) is 0 Å². The van der Waals surface area contributed by atoms with Crippen LogP contribution in [-0.4, -0.2) is 42.3 Å². The van der Waals surface area contributed by atoms with Gasteiger partial charge in [-0.05, 0) is 0 Å². The molecule has 1 nitrogen and oxygen atoms in total. The molecule has 0 aromatic rings. The van der Waals surface area contributed by atoms with E-state index < -0.39 is 0 Å². The zero-order valence-electron chi connectivity index (χ0n) is 8.62. The van der Waals surface area contributed by atoms with Crippen molar-refractivity contribution in [2.75, 3.05) is 23.0 Å². The normalized spacial score (nSPS) is 19.9. The van der Waals surface area contributed by atoms with Crippen molar-refractivity contribution < 1.29 is 4.74 Å². The summed E-state index contributed by atoms with van der Waals surface area (Å²) in [6, 6.07) is 0. The van der Waals surface area contributed by atoms with E-state index in [2.05, 4.69) is 6.58 Å². The van der Waals surface area contributed by atoms with Crippen LogP contribution in [0.25, 0.3) is 0 Å². The van der Waals surface area contributed by atoms with Crippen LogP contribution in [0.1, 0.15) is 13.3 Å². The number of hydrogen-bond acceptors (Lipinski definition) is 3. The van der Waals surface area contributed by atoms with Crippen molar-refractivity contribution in [3.63, 3.8) is 0 Å². The van der Waals surface area contributed by atoms with E-state index in [-0.39, 0.29) is 6.10 Å². The Hall–Kier alpha value is 0.175. The fourth-order valence-corrected chi connectivity index (χ4v) is 3.32. The summed E-state index contributed by atoms with van der Waals surface area (Å²) in [5.41, 5.74) is 1.99. The van der Waals surface area contributed by atoms with Gasteiger partial charge in [-0.15, -0.1) is 0 Å². The summed E-state index contributed by atoms with van der Waals surface area (Å²) < 4.78 is 5.63. The SMILES string of the molecule is [B]=C(CC)OC1CSCC(=C)CSC1. The molecule has 0 amide bonds. The van der Waals surface area contributed by atoms with Gasteiger partial charge in [0.25, 0.3) is 0 Å². The van der Waals surface area contributed by atoms with Crippen molar-refractivity contribution >= 4 is 36.7 Å². The topological polar surface area (TPSA) is 9.23 Å². The molecule has 0 unspecified atom stereocenters. The van der Waals surface area contributed by atoms with E-state index in [1.807, 2.05) is 30.4 Å². The second-order valence-corrected chi connectivity index (χ2v) is 5.40. The molecule has 1 heterocycles. The molecule has 14 heavy (non-hydrogen) atoms. The van der Waals surface area contributed by atoms with E-state index in [0.29, 0.717) is 5.65 Å². The van der Waals surface area contributed by atoms with Crippen molar-refractivity contribution in [2.45, 2.75) is 19.4 Å². The molecule has 1 rings (SSSR count). The Balaban J connectivity index is 2.31. The van der Waals surface area contributed by atoms with Crippen LogP contribution in [0.15, 0.2) is 12.2 Å². The van der Waals surface area contributed by atoms with Crippen LogP contribution >= 0.6 is 23.5 Å². The van der Waals surface area contributed by atoms with Crippen molar-refractivity contribution in [1.82, 2.24) is 0 Å². The fraction of sp³-hybridized carbons (Fsp3) is 0.700. The van der Waals surface area contributed by atoms with Crippen molar-refractivity contribution in [1.29, 1.82) is 0 Å². The molecule has 1 radical (unpaired) electrons. The molecule has 0 aromatic carbocycles. The zero-order valence-corrected chi connectivity index (χ0v) is 10.3. The molecule has 0 N–H and O–H groups in total. The summed E-state index contributed by atoms with van der Waals surface area (Å²) in [6.07, 6.45) is 1.08. The van der Waals surface area contributed by atoms with E-state index in [9.17, 15) is 0 Å². The van der Waals surface area contributed by atoms with E-state index in [1.165, 1.54) is 5.57 Å². The molecule has 1 fully saturated rings. The van der Waals surface area contributed by atoms with Crippen molar-refractivity contribution in [2.24, 2.45) is 0 Å². The van der Waals surface area contributed by atoms with Gasteiger partial charge in [0.2, 0.25) is 0 Å². The van der Waals surface area contributed by atoms with Crippen LogP contribution in [0, 0.1) is 0 Å². The summed E-state index contributed by atoms with van der Waals surface area (Å²) in [5, 5.41) is 0. The first-order valence-corrected chi connectivity index (χ1v) is 7.13. The Bertz CT molecular complexity index is 206. The molecule has 0 bridgehead atoms. The fourth-order valence-electron chi connectivity index (χ4n) is 1.12. The zero-order chi connectivity index (χ0) is 10.4. The second kappa shape index (κ2) is 6.62. The first-order chi connectivity index (χ1) is 6.72. The monoisotopic (exact) mass is 227 g/mol. The Morgan fingerprint density at radius 2 is 2.07 bits per heavy atom. The molecule has 0 saturated carbocycles.